The number of amides is 1. The van der Waals surface area contributed by atoms with Crippen molar-refractivity contribution >= 4 is 35.4 Å². The second kappa shape index (κ2) is 13.3. The van der Waals surface area contributed by atoms with Gasteiger partial charge in [0.2, 0.25) is 0 Å². The molecule has 3 aromatic rings. The molecule has 6 nitrogen and oxygen atoms in total. The molecule has 1 N–H and O–H groups in total. The number of carbonyl (C=O) groups excluding carboxylic acids is 2. The Kier molecular flexibility index (Phi) is 9.58. The van der Waals surface area contributed by atoms with E-state index in [4.69, 9.17) is 14.2 Å². The van der Waals surface area contributed by atoms with E-state index in [1.807, 2.05) is 102 Å². The van der Waals surface area contributed by atoms with Gasteiger partial charge in [-0.05, 0) is 58.9 Å². The van der Waals surface area contributed by atoms with Crippen molar-refractivity contribution in [2.75, 3.05) is 31.8 Å². The van der Waals surface area contributed by atoms with E-state index in [2.05, 4.69) is 5.32 Å². The van der Waals surface area contributed by atoms with Crippen molar-refractivity contribution in [3.05, 3.63) is 95.6 Å². The Bertz CT molecular complexity index is 1120. The molecule has 36 heavy (non-hydrogen) atoms. The molecule has 4 rings (SSSR count). The number of methoxy groups -OCH3 is 1. The molecule has 1 saturated heterocycles. The number of esters is 1. The van der Waals surface area contributed by atoms with Gasteiger partial charge in [0, 0.05) is 0 Å². The monoisotopic (exact) mass is 523 g/mol. The highest BCUT2D eigenvalue weighted by atomic mass is 32.2. The van der Waals surface area contributed by atoms with Crippen LogP contribution in [0.25, 0.3) is 0 Å². The lowest BCUT2D eigenvalue weighted by Gasteiger charge is -2.21. The number of thioether (sulfide) groups is 2. The fourth-order valence-corrected chi connectivity index (χ4v) is 6.63. The molecular weight excluding hydrogens is 494 g/mol. The summed E-state index contributed by atoms with van der Waals surface area (Å²) in [5.41, 5.74) is 3.05. The standard InChI is InChI=1S/C28H29NO5S2/c1-32-23-12-8-21(9-13-23)27(20-6-3-2-4-7-20)29-25(30)18-34-26(31)19-33-24-14-10-22(11-15-24)28-35-16-5-17-36-28/h2-4,6-15,27-28H,5,16-19H2,1H3,(H,29,30). The predicted octanol–water partition coefficient (Wildman–Crippen LogP) is 5.39. The molecule has 1 unspecified atom stereocenters. The van der Waals surface area contributed by atoms with E-state index in [9.17, 15) is 9.59 Å². The summed E-state index contributed by atoms with van der Waals surface area (Å²) in [5.74, 6) is 2.68. The zero-order chi connectivity index (χ0) is 25.2. The molecule has 1 atom stereocenters. The highest BCUT2D eigenvalue weighted by Gasteiger charge is 2.19. The van der Waals surface area contributed by atoms with Crippen molar-refractivity contribution in [1.82, 2.24) is 5.32 Å². The van der Waals surface area contributed by atoms with Gasteiger partial charge in [0.15, 0.2) is 13.2 Å². The molecule has 1 fully saturated rings. The van der Waals surface area contributed by atoms with Crippen LogP contribution in [-0.2, 0) is 14.3 Å². The van der Waals surface area contributed by atoms with Gasteiger partial charge < -0.3 is 19.5 Å². The summed E-state index contributed by atoms with van der Waals surface area (Å²) in [6.45, 7) is -0.656. The summed E-state index contributed by atoms with van der Waals surface area (Å²) in [6, 6.07) is 24.5. The maximum absolute atomic E-state index is 12.6. The maximum atomic E-state index is 12.6. The Balaban J connectivity index is 1.27. The first-order chi connectivity index (χ1) is 17.6. The SMILES string of the molecule is COc1ccc(C(NC(=O)COC(=O)COc2ccc(C3SCCCS3)cc2)c2ccccc2)cc1. The average Bonchev–Trinajstić information content (AvgIpc) is 2.95. The normalized spacial score (nSPS) is 14.5. The lowest BCUT2D eigenvalue weighted by molar-refractivity contribution is -0.150. The van der Waals surface area contributed by atoms with Crippen LogP contribution in [-0.4, -0.2) is 43.7 Å². The van der Waals surface area contributed by atoms with Gasteiger partial charge in [0.05, 0.1) is 17.7 Å². The van der Waals surface area contributed by atoms with Gasteiger partial charge in [-0.25, -0.2) is 4.79 Å². The van der Waals surface area contributed by atoms with E-state index < -0.39 is 24.5 Å². The second-order valence-electron chi connectivity index (χ2n) is 8.13. The third kappa shape index (κ3) is 7.45. The van der Waals surface area contributed by atoms with Crippen LogP contribution in [0.2, 0.25) is 0 Å². The molecule has 8 heteroatoms. The summed E-state index contributed by atoms with van der Waals surface area (Å²) >= 11 is 3.91. The highest BCUT2D eigenvalue weighted by molar-refractivity contribution is 8.16. The van der Waals surface area contributed by atoms with Crippen molar-refractivity contribution in [3.63, 3.8) is 0 Å². The second-order valence-corrected chi connectivity index (χ2v) is 10.9. The van der Waals surface area contributed by atoms with Crippen LogP contribution in [0.3, 0.4) is 0 Å². The van der Waals surface area contributed by atoms with E-state index in [0.717, 1.165) is 16.9 Å². The Morgan fingerprint density at radius 1 is 0.861 bits per heavy atom. The summed E-state index contributed by atoms with van der Waals surface area (Å²) in [4.78, 5) is 24.8. The fraction of sp³-hybridized carbons (Fsp3) is 0.286. The van der Waals surface area contributed by atoms with Crippen LogP contribution in [0.1, 0.15) is 33.7 Å². The third-order valence-electron chi connectivity index (χ3n) is 5.59. The minimum atomic E-state index is -0.603. The highest BCUT2D eigenvalue weighted by Crippen LogP contribution is 2.43. The van der Waals surface area contributed by atoms with Crippen LogP contribution in [0, 0.1) is 0 Å². The van der Waals surface area contributed by atoms with Crippen molar-refractivity contribution in [1.29, 1.82) is 0 Å². The molecule has 188 valence electrons. The molecule has 0 radical (unpaired) electrons. The number of nitrogens with one attached hydrogen (secondary N) is 1. The average molecular weight is 524 g/mol. The molecular formula is C28H29NO5S2. The van der Waals surface area contributed by atoms with Gasteiger partial charge in [0.1, 0.15) is 11.5 Å². The Hall–Kier alpha value is -3.10. The van der Waals surface area contributed by atoms with Gasteiger partial charge >= 0.3 is 5.97 Å². The number of ether oxygens (including phenoxy) is 3. The number of rotatable bonds is 10. The smallest absolute Gasteiger partial charge is 0.344 e. The van der Waals surface area contributed by atoms with Crippen molar-refractivity contribution in [2.24, 2.45) is 0 Å². The van der Waals surface area contributed by atoms with Crippen LogP contribution in [0.15, 0.2) is 78.9 Å². The number of hydrogen-bond donors (Lipinski definition) is 1. The molecule has 0 spiro atoms. The Morgan fingerprint density at radius 3 is 2.17 bits per heavy atom. The van der Waals surface area contributed by atoms with Gasteiger partial charge in [-0.2, -0.15) is 0 Å². The van der Waals surface area contributed by atoms with Crippen LogP contribution >= 0.6 is 23.5 Å². The summed E-state index contributed by atoms with van der Waals surface area (Å²) in [6.07, 6.45) is 1.25. The summed E-state index contributed by atoms with van der Waals surface area (Å²) in [5, 5.41) is 2.95. The maximum Gasteiger partial charge on any atom is 0.344 e. The minimum absolute atomic E-state index is 0.264. The van der Waals surface area contributed by atoms with E-state index in [-0.39, 0.29) is 6.61 Å². The van der Waals surface area contributed by atoms with E-state index in [0.29, 0.717) is 10.3 Å². The topological polar surface area (TPSA) is 73.9 Å². The van der Waals surface area contributed by atoms with Gasteiger partial charge in [-0.15, -0.1) is 23.5 Å². The van der Waals surface area contributed by atoms with Crippen molar-refractivity contribution in [2.45, 2.75) is 17.0 Å². The molecule has 0 aromatic heterocycles. The van der Waals surface area contributed by atoms with Gasteiger partial charge in [-0.3, -0.25) is 4.79 Å². The number of carbonyl (C=O) groups is 2. The minimum Gasteiger partial charge on any atom is -0.497 e. The molecule has 0 aliphatic carbocycles. The van der Waals surface area contributed by atoms with E-state index in [1.165, 1.54) is 23.5 Å². The first-order valence-corrected chi connectivity index (χ1v) is 13.8. The van der Waals surface area contributed by atoms with Crippen molar-refractivity contribution < 1.29 is 23.8 Å². The largest absolute Gasteiger partial charge is 0.497 e. The lowest BCUT2D eigenvalue weighted by Crippen LogP contribution is -2.33. The zero-order valence-electron chi connectivity index (χ0n) is 20.1. The lowest BCUT2D eigenvalue weighted by atomic mass is 9.98. The fourth-order valence-electron chi connectivity index (χ4n) is 3.74. The molecule has 1 amide bonds. The predicted molar refractivity (Wildman–Crippen MR) is 145 cm³/mol. The zero-order valence-corrected chi connectivity index (χ0v) is 21.7. The quantitative estimate of drug-likeness (QED) is 0.357. The molecule has 0 bridgehead atoms. The first-order valence-electron chi connectivity index (χ1n) is 11.7. The number of hydrogen-bond acceptors (Lipinski definition) is 7. The first kappa shape index (κ1) is 26.0. The van der Waals surface area contributed by atoms with Crippen LogP contribution in [0.4, 0.5) is 0 Å². The van der Waals surface area contributed by atoms with Gasteiger partial charge in [-0.1, -0.05) is 54.6 Å². The third-order valence-corrected chi connectivity index (χ3v) is 8.60. The molecule has 1 heterocycles. The molecule has 3 aromatic carbocycles. The Morgan fingerprint density at radius 2 is 1.50 bits per heavy atom. The number of benzene rings is 3. The van der Waals surface area contributed by atoms with E-state index >= 15 is 0 Å². The summed E-state index contributed by atoms with van der Waals surface area (Å²) < 4.78 is 16.4. The molecule has 1 aliphatic heterocycles. The van der Waals surface area contributed by atoms with Crippen molar-refractivity contribution in [3.8, 4) is 11.5 Å². The summed E-state index contributed by atoms with van der Waals surface area (Å²) in [7, 11) is 1.61. The van der Waals surface area contributed by atoms with E-state index in [1.54, 1.807) is 7.11 Å². The van der Waals surface area contributed by atoms with Gasteiger partial charge in [0.25, 0.3) is 5.91 Å². The molecule has 1 aliphatic rings. The van der Waals surface area contributed by atoms with Crippen LogP contribution < -0.4 is 14.8 Å². The van der Waals surface area contributed by atoms with Crippen LogP contribution in [0.5, 0.6) is 11.5 Å². The molecule has 0 saturated carbocycles. The Labute approximate surface area is 220 Å².